The molecule has 0 N–H and O–H groups in total. The van der Waals surface area contributed by atoms with Gasteiger partial charge in [-0.3, -0.25) is 4.79 Å². The first-order valence-electron chi connectivity index (χ1n) is 8.87. The van der Waals surface area contributed by atoms with Crippen LogP contribution < -0.4 is 0 Å². The van der Waals surface area contributed by atoms with Crippen LogP contribution in [0.3, 0.4) is 0 Å². The maximum Gasteiger partial charge on any atom is 0.254 e. The number of hydrogen-bond acceptors (Lipinski definition) is 4. The van der Waals surface area contributed by atoms with Gasteiger partial charge in [0.15, 0.2) is 0 Å². The molecular weight excluding hydrogens is 340 g/mol. The van der Waals surface area contributed by atoms with Gasteiger partial charge in [0.25, 0.3) is 5.91 Å². The molecule has 2 heterocycles. The third-order valence-electron chi connectivity index (χ3n) is 5.12. The Morgan fingerprint density at radius 1 is 1.12 bits per heavy atom. The zero-order valence-electron chi connectivity index (χ0n) is 14.9. The van der Waals surface area contributed by atoms with E-state index in [1.807, 2.05) is 11.8 Å². The second-order valence-corrected chi connectivity index (χ2v) is 8.91. The van der Waals surface area contributed by atoms with Crippen molar-refractivity contribution < 1.29 is 17.9 Å². The van der Waals surface area contributed by atoms with Crippen molar-refractivity contribution >= 4 is 15.9 Å². The number of benzene rings is 1. The molecule has 0 unspecified atom stereocenters. The van der Waals surface area contributed by atoms with Gasteiger partial charge in [0.1, 0.15) is 0 Å². The highest BCUT2D eigenvalue weighted by Crippen LogP contribution is 2.24. The minimum Gasteiger partial charge on any atom is -0.379 e. The summed E-state index contributed by atoms with van der Waals surface area (Å²) in [7, 11) is -3.59. The molecule has 2 aliphatic heterocycles. The number of carbonyl (C=O) groups excluding carboxylic acids is 1. The van der Waals surface area contributed by atoms with Crippen LogP contribution in [0, 0.1) is 12.8 Å². The summed E-state index contributed by atoms with van der Waals surface area (Å²) in [6.45, 7) is 7.03. The van der Waals surface area contributed by atoms with Crippen molar-refractivity contribution in [3.63, 3.8) is 0 Å². The van der Waals surface area contributed by atoms with E-state index in [0.717, 1.165) is 31.5 Å². The summed E-state index contributed by atoms with van der Waals surface area (Å²) in [5, 5.41) is 0. The zero-order chi connectivity index (χ0) is 18.0. The predicted molar refractivity (Wildman–Crippen MR) is 95.1 cm³/mol. The first-order valence-corrected chi connectivity index (χ1v) is 10.3. The summed E-state index contributed by atoms with van der Waals surface area (Å²) in [6, 6.07) is 4.86. The van der Waals surface area contributed by atoms with Crippen molar-refractivity contribution in [3.05, 3.63) is 29.3 Å². The van der Waals surface area contributed by atoms with E-state index in [1.165, 1.54) is 4.31 Å². The molecule has 2 fully saturated rings. The Morgan fingerprint density at radius 2 is 1.76 bits per heavy atom. The van der Waals surface area contributed by atoms with Gasteiger partial charge < -0.3 is 9.64 Å². The Hall–Kier alpha value is -1.44. The lowest BCUT2D eigenvalue weighted by atomic mass is 9.98. The van der Waals surface area contributed by atoms with Crippen molar-refractivity contribution in [2.45, 2.75) is 31.6 Å². The summed E-state index contributed by atoms with van der Waals surface area (Å²) in [5.41, 5.74) is 1.30. The van der Waals surface area contributed by atoms with Crippen molar-refractivity contribution in [3.8, 4) is 0 Å². The van der Waals surface area contributed by atoms with E-state index >= 15 is 0 Å². The summed E-state index contributed by atoms with van der Waals surface area (Å²) in [4.78, 5) is 14.9. The van der Waals surface area contributed by atoms with E-state index in [0.29, 0.717) is 37.8 Å². The molecule has 0 aromatic heterocycles. The van der Waals surface area contributed by atoms with Crippen LogP contribution in [0.2, 0.25) is 0 Å². The van der Waals surface area contributed by atoms with Crippen LogP contribution in [0.15, 0.2) is 23.1 Å². The topological polar surface area (TPSA) is 66.9 Å². The number of carbonyl (C=O) groups is 1. The molecule has 1 amide bonds. The molecule has 0 spiro atoms. The van der Waals surface area contributed by atoms with Crippen LogP contribution in [-0.2, 0) is 14.8 Å². The number of likely N-dealkylation sites (tertiary alicyclic amines) is 1. The lowest BCUT2D eigenvalue weighted by Gasteiger charge is -2.31. The average Bonchev–Trinajstić information content (AvgIpc) is 2.63. The first-order chi connectivity index (χ1) is 11.9. The molecule has 3 rings (SSSR count). The van der Waals surface area contributed by atoms with Gasteiger partial charge in [0.2, 0.25) is 10.0 Å². The SMILES string of the molecule is Cc1ccc(S(=O)(=O)N2CCOCC2)cc1C(=O)N1CCC(C)CC1. The zero-order valence-corrected chi connectivity index (χ0v) is 15.7. The van der Waals surface area contributed by atoms with E-state index in [1.54, 1.807) is 18.2 Å². The summed E-state index contributed by atoms with van der Waals surface area (Å²) < 4.78 is 32.3. The fourth-order valence-electron chi connectivity index (χ4n) is 3.31. The minimum absolute atomic E-state index is 0.0663. The number of ether oxygens (including phenoxy) is 1. The number of rotatable bonds is 3. The van der Waals surface area contributed by atoms with Crippen LogP contribution in [-0.4, -0.2) is 62.9 Å². The van der Waals surface area contributed by atoms with Crippen molar-refractivity contribution in [2.75, 3.05) is 39.4 Å². The third-order valence-corrected chi connectivity index (χ3v) is 7.01. The second kappa shape index (κ2) is 7.43. The van der Waals surface area contributed by atoms with Crippen LogP contribution >= 0.6 is 0 Å². The molecule has 0 bridgehead atoms. The van der Waals surface area contributed by atoms with Gasteiger partial charge in [-0.05, 0) is 43.4 Å². The van der Waals surface area contributed by atoms with Gasteiger partial charge in [-0.15, -0.1) is 0 Å². The highest BCUT2D eigenvalue weighted by atomic mass is 32.2. The Balaban J connectivity index is 1.86. The van der Waals surface area contributed by atoms with Gasteiger partial charge >= 0.3 is 0 Å². The Kier molecular flexibility index (Phi) is 5.46. The van der Waals surface area contributed by atoms with E-state index in [2.05, 4.69) is 6.92 Å². The predicted octanol–water partition coefficient (Wildman–Crippen LogP) is 1.89. The lowest BCUT2D eigenvalue weighted by molar-refractivity contribution is 0.0695. The molecule has 2 saturated heterocycles. The number of hydrogen-bond donors (Lipinski definition) is 0. The Labute approximate surface area is 149 Å². The highest BCUT2D eigenvalue weighted by Gasteiger charge is 2.28. The lowest BCUT2D eigenvalue weighted by Crippen LogP contribution is -2.41. The molecule has 138 valence electrons. The van der Waals surface area contributed by atoms with Crippen molar-refractivity contribution in [2.24, 2.45) is 5.92 Å². The van der Waals surface area contributed by atoms with Crippen LogP contribution in [0.1, 0.15) is 35.7 Å². The fraction of sp³-hybridized carbons (Fsp3) is 0.611. The standard InChI is InChI=1S/C18H26N2O4S/c1-14-5-7-19(8-6-14)18(21)17-13-16(4-3-15(17)2)25(22,23)20-9-11-24-12-10-20/h3-4,13-14H,5-12H2,1-2H3. The molecule has 0 atom stereocenters. The number of amides is 1. The molecule has 1 aromatic carbocycles. The summed E-state index contributed by atoms with van der Waals surface area (Å²) in [5.74, 6) is 0.571. The van der Waals surface area contributed by atoms with Crippen molar-refractivity contribution in [1.82, 2.24) is 9.21 Å². The number of nitrogens with zero attached hydrogens (tertiary/aromatic N) is 2. The highest BCUT2D eigenvalue weighted by molar-refractivity contribution is 7.89. The first kappa shape index (κ1) is 18.4. The number of aryl methyl sites for hydroxylation is 1. The molecule has 25 heavy (non-hydrogen) atoms. The quantitative estimate of drug-likeness (QED) is 0.819. The van der Waals surface area contributed by atoms with Gasteiger partial charge in [-0.25, -0.2) is 8.42 Å². The van der Waals surface area contributed by atoms with Crippen LogP contribution in [0.25, 0.3) is 0 Å². The summed E-state index contributed by atoms with van der Waals surface area (Å²) >= 11 is 0. The second-order valence-electron chi connectivity index (χ2n) is 6.97. The van der Waals surface area contributed by atoms with Crippen LogP contribution in [0.4, 0.5) is 0 Å². The van der Waals surface area contributed by atoms with Gasteiger partial charge in [-0.1, -0.05) is 13.0 Å². The van der Waals surface area contributed by atoms with Gasteiger partial charge in [0, 0.05) is 31.7 Å². The maximum atomic E-state index is 12.9. The maximum absolute atomic E-state index is 12.9. The molecule has 0 radical (unpaired) electrons. The minimum atomic E-state index is -3.59. The molecule has 6 nitrogen and oxygen atoms in total. The van der Waals surface area contributed by atoms with E-state index < -0.39 is 10.0 Å². The fourth-order valence-corrected chi connectivity index (χ4v) is 4.74. The number of piperidine rings is 1. The molecule has 2 aliphatic rings. The van der Waals surface area contributed by atoms with E-state index in [4.69, 9.17) is 4.74 Å². The number of sulfonamides is 1. The third kappa shape index (κ3) is 3.88. The monoisotopic (exact) mass is 366 g/mol. The average molecular weight is 366 g/mol. The van der Waals surface area contributed by atoms with Gasteiger partial charge in [-0.2, -0.15) is 4.31 Å². The largest absolute Gasteiger partial charge is 0.379 e. The smallest absolute Gasteiger partial charge is 0.254 e. The molecular formula is C18H26N2O4S. The number of morpholine rings is 1. The molecule has 1 aromatic rings. The molecule has 0 saturated carbocycles. The normalized spacial score (nSPS) is 20.6. The van der Waals surface area contributed by atoms with E-state index in [-0.39, 0.29) is 10.8 Å². The molecule has 7 heteroatoms. The van der Waals surface area contributed by atoms with Crippen molar-refractivity contribution in [1.29, 1.82) is 0 Å². The van der Waals surface area contributed by atoms with Gasteiger partial charge in [0.05, 0.1) is 18.1 Å². The van der Waals surface area contributed by atoms with Crippen LogP contribution in [0.5, 0.6) is 0 Å². The van der Waals surface area contributed by atoms with E-state index in [9.17, 15) is 13.2 Å². The summed E-state index contributed by atoms with van der Waals surface area (Å²) in [6.07, 6.45) is 1.99. The molecule has 0 aliphatic carbocycles. The Morgan fingerprint density at radius 3 is 2.40 bits per heavy atom. The Bertz CT molecular complexity index is 733.